The molecule has 5 heteroatoms. The van der Waals surface area contributed by atoms with Crippen molar-refractivity contribution in [2.24, 2.45) is 0 Å². The molecule has 0 heterocycles. The smallest absolute Gasteiger partial charge is 0.174 e. The van der Waals surface area contributed by atoms with Gasteiger partial charge in [0.25, 0.3) is 0 Å². The molecular formula is C8H4Br3ClO. The highest BCUT2D eigenvalue weighted by molar-refractivity contribution is 9.13. The number of carbonyl (C=O) groups excluding carboxylic acids is 1. The Morgan fingerprint density at radius 1 is 1.38 bits per heavy atom. The largest absolute Gasteiger partial charge is 0.293 e. The molecule has 1 nitrogen and oxygen atoms in total. The lowest BCUT2D eigenvalue weighted by Crippen LogP contribution is -2.01. The van der Waals surface area contributed by atoms with E-state index in [4.69, 9.17) is 11.6 Å². The average Bonchev–Trinajstić information content (AvgIpc) is 2.10. The van der Waals surface area contributed by atoms with Gasteiger partial charge in [0.05, 0.1) is 5.33 Å². The van der Waals surface area contributed by atoms with Gasteiger partial charge in [0.15, 0.2) is 5.78 Å². The first-order valence-electron chi connectivity index (χ1n) is 3.30. The van der Waals surface area contributed by atoms with Gasteiger partial charge in [-0.1, -0.05) is 27.5 Å². The third-order valence-electron chi connectivity index (χ3n) is 1.41. The maximum Gasteiger partial charge on any atom is 0.174 e. The van der Waals surface area contributed by atoms with Gasteiger partial charge in [-0.05, 0) is 44.0 Å². The van der Waals surface area contributed by atoms with Gasteiger partial charge in [0, 0.05) is 19.5 Å². The maximum absolute atomic E-state index is 11.4. The van der Waals surface area contributed by atoms with Crippen molar-refractivity contribution < 1.29 is 4.79 Å². The number of rotatable bonds is 2. The number of Topliss-reactive ketones (excluding diaryl/α,β-unsaturated/α-hetero) is 1. The minimum atomic E-state index is -0.00456. The summed E-state index contributed by atoms with van der Waals surface area (Å²) >= 11 is 15.5. The quantitative estimate of drug-likeness (QED) is 0.414. The molecule has 13 heavy (non-hydrogen) atoms. The summed E-state index contributed by atoms with van der Waals surface area (Å²) in [5, 5.41) is 0.831. The van der Waals surface area contributed by atoms with Crippen LogP contribution in [0.4, 0.5) is 0 Å². The number of carbonyl (C=O) groups is 1. The van der Waals surface area contributed by atoms with Crippen molar-refractivity contribution in [2.75, 3.05) is 5.33 Å². The summed E-state index contributed by atoms with van der Waals surface area (Å²) in [7, 11) is 0. The molecule has 0 atom stereocenters. The van der Waals surface area contributed by atoms with E-state index in [1.54, 1.807) is 12.1 Å². The standard InChI is InChI=1S/C8H4Br3ClO/c9-3-7(13)5-1-4(12)2-6(10)8(5)11/h1-2H,3H2. The Morgan fingerprint density at radius 2 is 2.00 bits per heavy atom. The highest BCUT2D eigenvalue weighted by atomic mass is 79.9. The molecular weight excluding hydrogens is 387 g/mol. The van der Waals surface area contributed by atoms with E-state index in [2.05, 4.69) is 47.8 Å². The minimum absolute atomic E-state index is 0.00456. The van der Waals surface area contributed by atoms with Gasteiger partial charge in [-0.2, -0.15) is 0 Å². The van der Waals surface area contributed by atoms with Crippen molar-refractivity contribution >= 4 is 65.2 Å². The molecule has 0 aromatic heterocycles. The maximum atomic E-state index is 11.4. The lowest BCUT2D eigenvalue weighted by atomic mass is 10.1. The zero-order chi connectivity index (χ0) is 10.0. The van der Waals surface area contributed by atoms with Crippen LogP contribution < -0.4 is 0 Å². The summed E-state index contributed by atoms with van der Waals surface area (Å²) in [5.41, 5.74) is 0.580. The van der Waals surface area contributed by atoms with Crippen LogP contribution in [0.15, 0.2) is 21.1 Å². The number of hydrogen-bond donors (Lipinski definition) is 0. The second-order valence-corrected chi connectivity index (χ2v) is 4.95. The van der Waals surface area contributed by atoms with Crippen molar-refractivity contribution in [3.63, 3.8) is 0 Å². The second kappa shape index (κ2) is 4.91. The van der Waals surface area contributed by atoms with E-state index >= 15 is 0 Å². The first-order valence-corrected chi connectivity index (χ1v) is 6.38. The zero-order valence-corrected chi connectivity index (χ0v) is 11.8. The van der Waals surface area contributed by atoms with Crippen LogP contribution in [-0.2, 0) is 0 Å². The first kappa shape index (κ1) is 11.7. The molecule has 0 spiro atoms. The molecule has 0 aliphatic heterocycles. The average molecular weight is 391 g/mol. The van der Waals surface area contributed by atoms with E-state index < -0.39 is 0 Å². The SMILES string of the molecule is O=C(CBr)c1cc(Cl)cc(Br)c1Br. The fraction of sp³-hybridized carbons (Fsp3) is 0.125. The lowest BCUT2D eigenvalue weighted by Gasteiger charge is -2.04. The zero-order valence-electron chi connectivity index (χ0n) is 6.28. The Balaban J connectivity index is 3.28. The van der Waals surface area contributed by atoms with E-state index in [1.165, 1.54) is 0 Å². The molecule has 0 bridgehead atoms. The van der Waals surface area contributed by atoms with Gasteiger partial charge in [-0.15, -0.1) is 0 Å². The summed E-state index contributed by atoms with van der Waals surface area (Å²) < 4.78 is 1.52. The molecule has 1 aromatic carbocycles. The Kier molecular flexibility index (Phi) is 4.42. The number of ketones is 1. The van der Waals surface area contributed by atoms with Crippen molar-refractivity contribution in [1.29, 1.82) is 0 Å². The molecule has 0 aliphatic carbocycles. The Bertz CT molecular complexity index is 351. The molecule has 0 N–H and O–H groups in total. The molecule has 70 valence electrons. The van der Waals surface area contributed by atoms with Gasteiger partial charge >= 0.3 is 0 Å². The lowest BCUT2D eigenvalue weighted by molar-refractivity contribution is 0.102. The molecule has 0 saturated carbocycles. The van der Waals surface area contributed by atoms with E-state index in [9.17, 15) is 4.79 Å². The number of halogens is 4. The van der Waals surface area contributed by atoms with Crippen molar-refractivity contribution in [3.05, 3.63) is 31.7 Å². The van der Waals surface area contributed by atoms with Crippen LogP contribution in [0.25, 0.3) is 0 Å². The number of hydrogen-bond acceptors (Lipinski definition) is 1. The minimum Gasteiger partial charge on any atom is -0.293 e. The van der Waals surface area contributed by atoms with E-state index in [0.717, 1.165) is 8.95 Å². The van der Waals surface area contributed by atoms with E-state index in [-0.39, 0.29) is 5.78 Å². The molecule has 0 unspecified atom stereocenters. The number of benzene rings is 1. The normalized spacial score (nSPS) is 10.2. The molecule has 0 aliphatic rings. The summed E-state index contributed by atoms with van der Waals surface area (Å²) in [6.07, 6.45) is 0. The van der Waals surface area contributed by atoms with Crippen LogP contribution in [0.3, 0.4) is 0 Å². The third kappa shape index (κ3) is 2.78. The fourth-order valence-electron chi connectivity index (χ4n) is 0.831. The van der Waals surface area contributed by atoms with Crippen molar-refractivity contribution in [3.8, 4) is 0 Å². The van der Waals surface area contributed by atoms with Gasteiger partial charge in [-0.25, -0.2) is 0 Å². The first-order chi connectivity index (χ1) is 6.06. The monoisotopic (exact) mass is 388 g/mol. The molecule has 0 amide bonds. The van der Waals surface area contributed by atoms with Gasteiger partial charge < -0.3 is 0 Å². The molecule has 0 radical (unpaired) electrons. The summed E-state index contributed by atoms with van der Waals surface area (Å²) in [5.74, 6) is -0.00456. The van der Waals surface area contributed by atoms with Crippen LogP contribution in [-0.4, -0.2) is 11.1 Å². The summed E-state index contributed by atoms with van der Waals surface area (Å²) in [6, 6.07) is 3.37. The van der Waals surface area contributed by atoms with Crippen LogP contribution in [0, 0.1) is 0 Å². The van der Waals surface area contributed by atoms with Crippen LogP contribution in [0.1, 0.15) is 10.4 Å². The molecule has 1 aromatic rings. The predicted octanol–water partition coefficient (Wildman–Crippen LogP) is 4.44. The third-order valence-corrected chi connectivity index (χ3v) is 4.15. The van der Waals surface area contributed by atoms with Crippen molar-refractivity contribution in [1.82, 2.24) is 0 Å². The number of alkyl halides is 1. The highest BCUT2D eigenvalue weighted by Crippen LogP contribution is 2.30. The van der Waals surface area contributed by atoms with Crippen molar-refractivity contribution in [2.45, 2.75) is 0 Å². The fourth-order valence-corrected chi connectivity index (χ4v) is 2.39. The Hall–Kier alpha value is 0.620. The summed E-state index contributed by atoms with van der Waals surface area (Å²) in [6.45, 7) is 0. The Morgan fingerprint density at radius 3 is 2.54 bits per heavy atom. The van der Waals surface area contributed by atoms with E-state index in [0.29, 0.717) is 15.9 Å². The second-order valence-electron chi connectivity index (χ2n) is 2.31. The topological polar surface area (TPSA) is 17.1 Å². The molecule has 0 fully saturated rings. The van der Waals surface area contributed by atoms with Crippen LogP contribution in [0.5, 0.6) is 0 Å². The molecule has 1 rings (SSSR count). The van der Waals surface area contributed by atoms with E-state index in [1.807, 2.05) is 0 Å². The predicted molar refractivity (Wildman–Crippen MR) is 65.0 cm³/mol. The Labute approximate surface area is 106 Å². The van der Waals surface area contributed by atoms with Gasteiger partial charge in [-0.3, -0.25) is 4.79 Å². The molecule has 0 saturated heterocycles. The summed E-state index contributed by atoms with van der Waals surface area (Å²) in [4.78, 5) is 11.4. The van der Waals surface area contributed by atoms with Gasteiger partial charge in [0.2, 0.25) is 0 Å². The van der Waals surface area contributed by atoms with Crippen LogP contribution in [0.2, 0.25) is 5.02 Å². The highest BCUT2D eigenvalue weighted by Gasteiger charge is 2.12. The van der Waals surface area contributed by atoms with Crippen LogP contribution >= 0.6 is 59.4 Å². The van der Waals surface area contributed by atoms with Gasteiger partial charge in [0.1, 0.15) is 0 Å².